The van der Waals surface area contributed by atoms with E-state index in [4.69, 9.17) is 4.74 Å². The van der Waals surface area contributed by atoms with Crippen molar-refractivity contribution in [2.24, 2.45) is 0 Å². The van der Waals surface area contributed by atoms with Crippen molar-refractivity contribution in [1.29, 1.82) is 0 Å². The molecular formula is C14H31NO4S. The van der Waals surface area contributed by atoms with Gasteiger partial charge >= 0.3 is 0 Å². The van der Waals surface area contributed by atoms with Crippen LogP contribution in [0.15, 0.2) is 0 Å². The van der Waals surface area contributed by atoms with Gasteiger partial charge in [0.25, 0.3) is 0 Å². The average Bonchev–Trinajstić information content (AvgIpc) is 2.81. The Hall–Kier alpha value is -0.170. The van der Waals surface area contributed by atoms with Crippen LogP contribution >= 0.6 is 0 Å². The standard InChI is InChI=1S/C7H16N.C7H16O4S/c1-3-8(2)6-4-5-7-8;1-2-5-11-6-3-4-7-12(8,9)10/h3-7H2,1-2H3;2-7H2,1H3,(H,8,9,10)/q+1;/p-1. The molecule has 5 nitrogen and oxygen atoms in total. The van der Waals surface area contributed by atoms with Crippen LogP contribution in [0.5, 0.6) is 0 Å². The molecule has 0 radical (unpaired) electrons. The molecule has 0 N–H and O–H groups in total. The molecule has 0 aromatic heterocycles. The van der Waals surface area contributed by atoms with Crippen LogP contribution in [0.2, 0.25) is 0 Å². The maximum atomic E-state index is 10.1. The van der Waals surface area contributed by atoms with Crippen molar-refractivity contribution in [2.75, 3.05) is 45.6 Å². The number of quaternary nitrogens is 1. The van der Waals surface area contributed by atoms with Gasteiger partial charge in [-0.15, -0.1) is 0 Å². The zero-order chi connectivity index (χ0) is 15.5. The zero-order valence-electron chi connectivity index (χ0n) is 13.3. The first-order chi connectivity index (χ1) is 9.33. The van der Waals surface area contributed by atoms with E-state index >= 15 is 0 Å². The Kier molecular flexibility index (Phi) is 10.5. The molecule has 1 aliphatic rings. The molecule has 0 aromatic rings. The Morgan fingerprint density at radius 1 is 1.10 bits per heavy atom. The fourth-order valence-electron chi connectivity index (χ4n) is 2.14. The normalized spacial score (nSPS) is 17.6. The third kappa shape index (κ3) is 11.6. The van der Waals surface area contributed by atoms with E-state index in [0.29, 0.717) is 26.1 Å². The van der Waals surface area contributed by atoms with Crippen molar-refractivity contribution in [3.8, 4) is 0 Å². The van der Waals surface area contributed by atoms with E-state index in [0.717, 1.165) is 6.42 Å². The van der Waals surface area contributed by atoms with E-state index in [-0.39, 0.29) is 5.75 Å². The van der Waals surface area contributed by atoms with Crippen LogP contribution in [0.1, 0.15) is 46.0 Å². The molecule has 0 amide bonds. The smallest absolute Gasteiger partial charge is 0.0945 e. The molecule has 0 bridgehead atoms. The third-order valence-corrected chi connectivity index (χ3v) is 4.48. The fourth-order valence-corrected chi connectivity index (χ4v) is 2.70. The predicted octanol–water partition coefficient (Wildman–Crippen LogP) is 1.99. The SMILES string of the molecule is CCCOCCCCS(=O)(=O)[O-].CC[N+]1(C)CCCC1. The van der Waals surface area contributed by atoms with Gasteiger partial charge in [0.2, 0.25) is 0 Å². The fraction of sp³-hybridized carbons (Fsp3) is 1.00. The number of hydrogen-bond donors (Lipinski definition) is 0. The second kappa shape index (κ2) is 10.5. The number of nitrogens with zero attached hydrogens (tertiary/aromatic N) is 1. The number of hydrogen-bond acceptors (Lipinski definition) is 4. The molecule has 1 fully saturated rings. The maximum Gasteiger partial charge on any atom is 0.0945 e. The molecule has 0 aliphatic carbocycles. The summed E-state index contributed by atoms with van der Waals surface area (Å²) in [6, 6.07) is 0. The van der Waals surface area contributed by atoms with Gasteiger partial charge in [0.1, 0.15) is 0 Å². The van der Waals surface area contributed by atoms with Gasteiger partial charge in [0.05, 0.1) is 36.8 Å². The average molecular weight is 309 g/mol. The summed E-state index contributed by atoms with van der Waals surface area (Å²) in [6.45, 7) is 9.67. The van der Waals surface area contributed by atoms with Crippen LogP contribution < -0.4 is 0 Å². The highest BCUT2D eigenvalue weighted by atomic mass is 32.2. The highest BCUT2D eigenvalue weighted by Gasteiger charge is 2.23. The van der Waals surface area contributed by atoms with Crippen LogP contribution in [0.4, 0.5) is 0 Å². The monoisotopic (exact) mass is 309 g/mol. The molecule has 1 heterocycles. The lowest BCUT2D eigenvalue weighted by molar-refractivity contribution is -0.895. The quantitative estimate of drug-likeness (QED) is 0.391. The lowest BCUT2D eigenvalue weighted by Gasteiger charge is -2.26. The summed E-state index contributed by atoms with van der Waals surface area (Å²) >= 11 is 0. The van der Waals surface area contributed by atoms with Gasteiger partial charge in [-0.25, -0.2) is 8.42 Å². The Labute approximate surface area is 124 Å². The second-order valence-electron chi connectivity index (χ2n) is 5.67. The number of unbranched alkanes of at least 4 members (excludes halogenated alkanes) is 1. The summed E-state index contributed by atoms with van der Waals surface area (Å²) in [4.78, 5) is 0. The minimum absolute atomic E-state index is 0.275. The van der Waals surface area contributed by atoms with Crippen molar-refractivity contribution in [1.82, 2.24) is 0 Å². The van der Waals surface area contributed by atoms with Crippen molar-refractivity contribution in [3.05, 3.63) is 0 Å². The predicted molar refractivity (Wildman–Crippen MR) is 80.6 cm³/mol. The summed E-state index contributed by atoms with van der Waals surface area (Å²) in [5.41, 5.74) is 0. The summed E-state index contributed by atoms with van der Waals surface area (Å²) in [5.74, 6) is -0.275. The summed E-state index contributed by atoms with van der Waals surface area (Å²) < 4.78 is 36.8. The molecule has 0 saturated carbocycles. The highest BCUT2D eigenvalue weighted by molar-refractivity contribution is 7.85. The number of rotatable bonds is 8. The summed E-state index contributed by atoms with van der Waals surface area (Å²) in [6.07, 6.45) is 4.89. The van der Waals surface area contributed by atoms with Crippen LogP contribution in [0.3, 0.4) is 0 Å². The Morgan fingerprint density at radius 2 is 1.70 bits per heavy atom. The molecule has 0 aromatic carbocycles. The van der Waals surface area contributed by atoms with Crippen LogP contribution in [-0.2, 0) is 14.9 Å². The van der Waals surface area contributed by atoms with Gasteiger partial charge in [0, 0.05) is 31.8 Å². The molecular weight excluding hydrogens is 278 g/mol. The van der Waals surface area contributed by atoms with E-state index in [1.165, 1.54) is 37.0 Å². The molecule has 122 valence electrons. The van der Waals surface area contributed by atoms with Crippen molar-refractivity contribution < 1.29 is 22.2 Å². The van der Waals surface area contributed by atoms with Gasteiger partial charge in [0.15, 0.2) is 0 Å². The van der Waals surface area contributed by atoms with E-state index in [9.17, 15) is 13.0 Å². The summed E-state index contributed by atoms with van der Waals surface area (Å²) in [7, 11) is -1.67. The molecule has 0 spiro atoms. The first-order valence-corrected chi connectivity index (χ1v) is 9.25. The van der Waals surface area contributed by atoms with E-state index in [1.54, 1.807) is 0 Å². The number of likely N-dealkylation sites (tertiary alicyclic amines) is 1. The van der Waals surface area contributed by atoms with Gasteiger partial charge in [-0.05, 0) is 26.2 Å². The number of ether oxygens (including phenoxy) is 1. The molecule has 1 aliphatic heterocycles. The first-order valence-electron chi connectivity index (χ1n) is 7.68. The molecule has 0 unspecified atom stereocenters. The van der Waals surface area contributed by atoms with E-state index in [2.05, 4.69) is 14.0 Å². The van der Waals surface area contributed by atoms with E-state index < -0.39 is 10.1 Å². The van der Waals surface area contributed by atoms with Gasteiger partial charge in [-0.2, -0.15) is 0 Å². The minimum Gasteiger partial charge on any atom is -0.748 e. The summed E-state index contributed by atoms with van der Waals surface area (Å²) in [5, 5.41) is 0. The Bertz CT molecular complexity index is 324. The first kappa shape index (κ1) is 19.8. The van der Waals surface area contributed by atoms with Crippen LogP contribution in [0, 0.1) is 0 Å². The largest absolute Gasteiger partial charge is 0.748 e. The minimum atomic E-state index is -4.02. The van der Waals surface area contributed by atoms with Crippen molar-refractivity contribution >= 4 is 10.1 Å². The van der Waals surface area contributed by atoms with E-state index in [1.807, 2.05) is 6.92 Å². The zero-order valence-corrected chi connectivity index (χ0v) is 14.1. The Balaban J connectivity index is 0.000000388. The van der Waals surface area contributed by atoms with Gasteiger partial charge in [-0.1, -0.05) is 6.92 Å². The van der Waals surface area contributed by atoms with Gasteiger partial charge < -0.3 is 13.8 Å². The molecule has 20 heavy (non-hydrogen) atoms. The maximum absolute atomic E-state index is 10.1. The Morgan fingerprint density at radius 3 is 2.10 bits per heavy atom. The highest BCUT2D eigenvalue weighted by Crippen LogP contribution is 2.14. The lowest BCUT2D eigenvalue weighted by Crippen LogP contribution is -2.40. The lowest BCUT2D eigenvalue weighted by atomic mass is 10.4. The molecule has 6 heteroatoms. The van der Waals surface area contributed by atoms with Crippen LogP contribution in [-0.4, -0.2) is 63.1 Å². The molecule has 1 rings (SSSR count). The third-order valence-electron chi connectivity index (χ3n) is 3.69. The van der Waals surface area contributed by atoms with Crippen molar-refractivity contribution in [2.45, 2.75) is 46.0 Å². The van der Waals surface area contributed by atoms with Crippen LogP contribution in [0.25, 0.3) is 0 Å². The second-order valence-corrected chi connectivity index (χ2v) is 7.19. The van der Waals surface area contributed by atoms with Crippen molar-refractivity contribution in [3.63, 3.8) is 0 Å². The van der Waals surface area contributed by atoms with Gasteiger partial charge in [-0.3, -0.25) is 0 Å². The molecule has 1 saturated heterocycles. The topological polar surface area (TPSA) is 66.4 Å². The molecule has 0 atom stereocenters.